The van der Waals surface area contributed by atoms with E-state index < -0.39 is 30.3 Å². The number of ether oxygens (including phenoxy) is 2. The molecule has 0 saturated heterocycles. The fourth-order valence-electron chi connectivity index (χ4n) is 2.00. The Kier molecular flexibility index (Phi) is 6.43. The largest absolute Gasteiger partial charge is 0.459 e. The Morgan fingerprint density at radius 1 is 1.00 bits per heavy atom. The molecule has 0 aromatic heterocycles. The van der Waals surface area contributed by atoms with Crippen molar-refractivity contribution in [3.63, 3.8) is 0 Å². The fourth-order valence-corrected chi connectivity index (χ4v) is 2.00. The molecular formula is C19H18FNO5. The molecule has 0 atom stereocenters. The third-order valence-electron chi connectivity index (χ3n) is 3.14. The van der Waals surface area contributed by atoms with Crippen LogP contribution in [-0.4, -0.2) is 30.6 Å². The molecule has 0 spiro atoms. The van der Waals surface area contributed by atoms with Gasteiger partial charge < -0.3 is 14.8 Å². The number of amides is 1. The molecule has 0 bridgehead atoms. The van der Waals surface area contributed by atoms with Gasteiger partial charge in [-0.3, -0.25) is 4.79 Å². The molecule has 0 unspecified atom stereocenters. The molecule has 0 heterocycles. The van der Waals surface area contributed by atoms with Gasteiger partial charge in [0.25, 0.3) is 5.91 Å². The predicted molar refractivity (Wildman–Crippen MR) is 92.3 cm³/mol. The minimum absolute atomic E-state index is 0.0193. The summed E-state index contributed by atoms with van der Waals surface area (Å²) < 4.78 is 22.9. The number of nitrogens with one attached hydrogen (secondary N) is 1. The van der Waals surface area contributed by atoms with Crippen LogP contribution in [0, 0.1) is 5.82 Å². The molecule has 0 fully saturated rings. The van der Waals surface area contributed by atoms with E-state index in [0.29, 0.717) is 11.3 Å². The maximum atomic E-state index is 13.1. The standard InChI is InChI=1S/C19H18FNO5/c1-12(2)26-19(24)13-6-8-16(9-7-13)21-17(22)11-25-18(23)14-4-3-5-15(20)10-14/h3-10,12H,11H2,1-2H3,(H,21,22). The Bertz CT molecular complexity index is 802. The van der Waals surface area contributed by atoms with Crippen molar-refractivity contribution in [3.05, 3.63) is 65.5 Å². The molecule has 26 heavy (non-hydrogen) atoms. The Morgan fingerprint density at radius 3 is 2.31 bits per heavy atom. The van der Waals surface area contributed by atoms with E-state index in [1.54, 1.807) is 13.8 Å². The molecule has 0 radical (unpaired) electrons. The Labute approximate surface area is 149 Å². The Morgan fingerprint density at radius 2 is 1.69 bits per heavy atom. The van der Waals surface area contributed by atoms with E-state index in [2.05, 4.69) is 5.32 Å². The summed E-state index contributed by atoms with van der Waals surface area (Å²) in [4.78, 5) is 35.3. The lowest BCUT2D eigenvalue weighted by molar-refractivity contribution is -0.119. The third kappa shape index (κ3) is 5.70. The zero-order valence-corrected chi connectivity index (χ0v) is 14.3. The van der Waals surface area contributed by atoms with Crippen LogP contribution in [0.1, 0.15) is 34.6 Å². The molecule has 2 aromatic carbocycles. The number of carbonyl (C=O) groups excluding carboxylic acids is 3. The summed E-state index contributed by atoms with van der Waals surface area (Å²) in [5, 5.41) is 2.52. The molecule has 6 nitrogen and oxygen atoms in total. The molecule has 1 N–H and O–H groups in total. The van der Waals surface area contributed by atoms with Gasteiger partial charge in [0.15, 0.2) is 6.61 Å². The molecule has 2 aromatic rings. The Balaban J connectivity index is 1.86. The quantitative estimate of drug-likeness (QED) is 0.801. The summed E-state index contributed by atoms with van der Waals surface area (Å²) in [5.74, 6) is -2.39. The normalized spacial score (nSPS) is 10.3. The molecule has 136 valence electrons. The first kappa shape index (κ1) is 19.1. The molecule has 0 aliphatic heterocycles. The van der Waals surface area contributed by atoms with E-state index in [1.165, 1.54) is 42.5 Å². The lowest BCUT2D eigenvalue weighted by Gasteiger charge is -2.09. The average Bonchev–Trinajstić information content (AvgIpc) is 2.59. The van der Waals surface area contributed by atoms with Crippen LogP contribution in [0.4, 0.5) is 10.1 Å². The van der Waals surface area contributed by atoms with Crippen molar-refractivity contribution in [3.8, 4) is 0 Å². The molecule has 0 aliphatic rings. The maximum absolute atomic E-state index is 13.1. The third-order valence-corrected chi connectivity index (χ3v) is 3.14. The molecule has 7 heteroatoms. The first-order chi connectivity index (χ1) is 12.3. The predicted octanol–water partition coefficient (Wildman–Crippen LogP) is 3.19. The van der Waals surface area contributed by atoms with Crippen LogP contribution in [0.5, 0.6) is 0 Å². The highest BCUT2D eigenvalue weighted by molar-refractivity contribution is 5.96. The van der Waals surface area contributed by atoms with Gasteiger partial charge in [-0.2, -0.15) is 0 Å². The summed E-state index contributed by atoms with van der Waals surface area (Å²) in [6.45, 7) is 2.97. The van der Waals surface area contributed by atoms with E-state index in [0.717, 1.165) is 6.07 Å². The SMILES string of the molecule is CC(C)OC(=O)c1ccc(NC(=O)COC(=O)c2cccc(F)c2)cc1. The van der Waals surface area contributed by atoms with Crippen molar-refractivity contribution < 1.29 is 28.2 Å². The smallest absolute Gasteiger partial charge is 0.338 e. The number of carbonyl (C=O) groups is 3. The van der Waals surface area contributed by atoms with Crippen molar-refractivity contribution >= 4 is 23.5 Å². The van der Waals surface area contributed by atoms with Gasteiger partial charge in [0, 0.05) is 5.69 Å². The second kappa shape index (κ2) is 8.75. The number of hydrogen-bond donors (Lipinski definition) is 1. The zero-order valence-electron chi connectivity index (χ0n) is 14.3. The van der Waals surface area contributed by atoms with E-state index in [4.69, 9.17) is 9.47 Å². The van der Waals surface area contributed by atoms with Crippen LogP contribution in [0.25, 0.3) is 0 Å². The van der Waals surface area contributed by atoms with Gasteiger partial charge in [0.05, 0.1) is 17.2 Å². The summed E-state index contributed by atoms with van der Waals surface area (Å²) in [5.41, 5.74) is 0.804. The fraction of sp³-hybridized carbons (Fsp3) is 0.211. The zero-order chi connectivity index (χ0) is 19.1. The highest BCUT2D eigenvalue weighted by Crippen LogP contribution is 2.12. The second-order valence-corrected chi connectivity index (χ2v) is 5.67. The number of esters is 2. The topological polar surface area (TPSA) is 81.7 Å². The monoisotopic (exact) mass is 359 g/mol. The number of halogens is 1. The summed E-state index contributed by atoms with van der Waals surface area (Å²) in [6, 6.07) is 11.1. The lowest BCUT2D eigenvalue weighted by atomic mass is 10.2. The van der Waals surface area contributed by atoms with Crippen molar-refractivity contribution in [1.82, 2.24) is 0 Å². The average molecular weight is 359 g/mol. The first-order valence-corrected chi connectivity index (χ1v) is 7.88. The van der Waals surface area contributed by atoms with Gasteiger partial charge in [0.1, 0.15) is 5.82 Å². The number of rotatable bonds is 6. The van der Waals surface area contributed by atoms with E-state index in [-0.39, 0.29) is 11.7 Å². The Hall–Kier alpha value is -3.22. The molecule has 0 saturated carbocycles. The highest BCUT2D eigenvalue weighted by atomic mass is 19.1. The first-order valence-electron chi connectivity index (χ1n) is 7.88. The van der Waals surface area contributed by atoms with Gasteiger partial charge in [-0.1, -0.05) is 6.07 Å². The van der Waals surface area contributed by atoms with E-state index in [1.807, 2.05) is 0 Å². The van der Waals surface area contributed by atoms with Gasteiger partial charge in [-0.25, -0.2) is 14.0 Å². The van der Waals surface area contributed by atoms with Gasteiger partial charge >= 0.3 is 11.9 Å². The number of anilines is 1. The van der Waals surface area contributed by atoms with Crippen LogP contribution in [0.15, 0.2) is 48.5 Å². The van der Waals surface area contributed by atoms with Crippen molar-refractivity contribution in [2.45, 2.75) is 20.0 Å². The lowest BCUT2D eigenvalue weighted by Crippen LogP contribution is -2.21. The number of benzene rings is 2. The van der Waals surface area contributed by atoms with Crippen LogP contribution in [0.2, 0.25) is 0 Å². The summed E-state index contributed by atoms with van der Waals surface area (Å²) >= 11 is 0. The highest BCUT2D eigenvalue weighted by Gasteiger charge is 2.12. The van der Waals surface area contributed by atoms with Crippen LogP contribution in [0.3, 0.4) is 0 Å². The maximum Gasteiger partial charge on any atom is 0.338 e. The minimum Gasteiger partial charge on any atom is -0.459 e. The molecular weight excluding hydrogens is 341 g/mol. The van der Waals surface area contributed by atoms with E-state index in [9.17, 15) is 18.8 Å². The summed E-state index contributed by atoms with van der Waals surface area (Å²) in [7, 11) is 0. The van der Waals surface area contributed by atoms with E-state index >= 15 is 0 Å². The molecule has 2 rings (SSSR count). The summed E-state index contributed by atoms with van der Waals surface area (Å²) in [6.07, 6.45) is -0.227. The molecule has 0 aliphatic carbocycles. The van der Waals surface area contributed by atoms with Crippen molar-refractivity contribution in [2.24, 2.45) is 0 Å². The van der Waals surface area contributed by atoms with Crippen molar-refractivity contribution in [2.75, 3.05) is 11.9 Å². The van der Waals surface area contributed by atoms with Crippen LogP contribution < -0.4 is 5.32 Å². The van der Waals surface area contributed by atoms with Crippen LogP contribution in [-0.2, 0) is 14.3 Å². The van der Waals surface area contributed by atoms with Gasteiger partial charge in [-0.05, 0) is 56.3 Å². The van der Waals surface area contributed by atoms with Crippen LogP contribution >= 0.6 is 0 Å². The van der Waals surface area contributed by atoms with Crippen molar-refractivity contribution in [1.29, 1.82) is 0 Å². The van der Waals surface area contributed by atoms with Gasteiger partial charge in [0.2, 0.25) is 0 Å². The molecule has 1 amide bonds. The second-order valence-electron chi connectivity index (χ2n) is 5.67. The number of hydrogen-bond acceptors (Lipinski definition) is 5. The minimum atomic E-state index is -0.800. The van der Waals surface area contributed by atoms with Gasteiger partial charge in [-0.15, -0.1) is 0 Å².